The molecule has 5 heteroatoms. The molecule has 1 aliphatic rings. The van der Waals surface area contributed by atoms with E-state index in [2.05, 4.69) is 6.92 Å². The van der Waals surface area contributed by atoms with Crippen molar-refractivity contribution in [3.05, 3.63) is 39.9 Å². The summed E-state index contributed by atoms with van der Waals surface area (Å²) in [5.74, 6) is 0. The first kappa shape index (κ1) is 13.0. The standard InChI is InChI=1S/C13H19N3O2/c1-2-14-7-9-15(10-8-14)11-12-3-5-13(6-4-12)16(17)18/h3-6H,2,7-11H2,1H3/p+2. The lowest BCUT2D eigenvalue weighted by Crippen LogP contribution is -3.27. The van der Waals surface area contributed by atoms with Gasteiger partial charge in [0.2, 0.25) is 0 Å². The van der Waals surface area contributed by atoms with Gasteiger partial charge in [-0.15, -0.1) is 0 Å². The Hall–Kier alpha value is -1.46. The average molecular weight is 251 g/mol. The highest BCUT2D eigenvalue weighted by Crippen LogP contribution is 2.10. The summed E-state index contributed by atoms with van der Waals surface area (Å²) >= 11 is 0. The molecular formula is C13H21N3O2+2. The summed E-state index contributed by atoms with van der Waals surface area (Å²) in [5, 5.41) is 10.6. The van der Waals surface area contributed by atoms with E-state index in [1.165, 1.54) is 38.3 Å². The zero-order chi connectivity index (χ0) is 13.0. The van der Waals surface area contributed by atoms with Crippen molar-refractivity contribution >= 4 is 5.69 Å². The third-order valence-corrected chi connectivity index (χ3v) is 3.77. The molecule has 0 saturated carbocycles. The lowest BCUT2D eigenvalue weighted by molar-refractivity contribution is -1.02. The number of quaternary nitrogens is 2. The average Bonchev–Trinajstić information content (AvgIpc) is 2.40. The summed E-state index contributed by atoms with van der Waals surface area (Å²) in [4.78, 5) is 13.5. The first-order valence-corrected chi connectivity index (χ1v) is 6.59. The number of piperazine rings is 1. The molecule has 0 unspecified atom stereocenters. The fraction of sp³-hybridized carbons (Fsp3) is 0.538. The van der Waals surface area contributed by atoms with Gasteiger partial charge in [-0.25, -0.2) is 0 Å². The largest absolute Gasteiger partial charge is 0.326 e. The first-order chi connectivity index (χ1) is 8.69. The van der Waals surface area contributed by atoms with Crippen LogP contribution in [0.1, 0.15) is 12.5 Å². The maximum atomic E-state index is 10.6. The third kappa shape index (κ3) is 3.27. The highest BCUT2D eigenvalue weighted by molar-refractivity contribution is 5.32. The van der Waals surface area contributed by atoms with Crippen molar-refractivity contribution in [1.82, 2.24) is 0 Å². The van der Waals surface area contributed by atoms with Crippen molar-refractivity contribution in [3.63, 3.8) is 0 Å². The van der Waals surface area contributed by atoms with Gasteiger partial charge in [-0.3, -0.25) is 10.1 Å². The van der Waals surface area contributed by atoms with Crippen LogP contribution in [0.2, 0.25) is 0 Å². The number of benzene rings is 1. The van der Waals surface area contributed by atoms with Crippen LogP contribution < -0.4 is 9.80 Å². The molecule has 1 heterocycles. The highest BCUT2D eigenvalue weighted by Gasteiger charge is 2.21. The van der Waals surface area contributed by atoms with Crippen LogP contribution in [0.5, 0.6) is 0 Å². The summed E-state index contributed by atoms with van der Waals surface area (Å²) < 4.78 is 0. The number of nitrogens with one attached hydrogen (secondary N) is 2. The molecule has 2 rings (SSSR count). The molecule has 0 atom stereocenters. The Kier molecular flexibility index (Phi) is 4.28. The molecule has 0 aliphatic carbocycles. The van der Waals surface area contributed by atoms with Crippen LogP contribution >= 0.6 is 0 Å². The van der Waals surface area contributed by atoms with Gasteiger partial charge in [0, 0.05) is 17.7 Å². The number of hydrogen-bond donors (Lipinski definition) is 2. The molecular weight excluding hydrogens is 230 g/mol. The third-order valence-electron chi connectivity index (χ3n) is 3.77. The number of nitro groups is 1. The van der Waals surface area contributed by atoms with Gasteiger partial charge in [0.25, 0.3) is 5.69 Å². The SMILES string of the molecule is CC[NH+]1CC[NH+](Cc2ccc([N+](=O)[O-])cc2)CC1. The van der Waals surface area contributed by atoms with Crippen molar-refractivity contribution in [3.8, 4) is 0 Å². The Bertz CT molecular complexity index is 397. The normalized spacial score (nSPS) is 23.8. The Morgan fingerprint density at radius 1 is 1.11 bits per heavy atom. The maximum Gasteiger partial charge on any atom is 0.269 e. The molecule has 0 spiro atoms. The minimum atomic E-state index is -0.347. The summed E-state index contributed by atoms with van der Waals surface area (Å²) in [7, 11) is 0. The maximum absolute atomic E-state index is 10.6. The van der Waals surface area contributed by atoms with Crippen LogP contribution in [0.25, 0.3) is 0 Å². The van der Waals surface area contributed by atoms with Crippen molar-refractivity contribution in [2.75, 3.05) is 32.7 Å². The zero-order valence-electron chi connectivity index (χ0n) is 10.8. The molecule has 0 amide bonds. The second kappa shape index (κ2) is 5.93. The number of nitro benzene ring substituents is 1. The number of rotatable bonds is 4. The van der Waals surface area contributed by atoms with Gasteiger partial charge in [-0.2, -0.15) is 0 Å². The Labute approximate surface area is 107 Å². The van der Waals surface area contributed by atoms with E-state index in [1.54, 1.807) is 21.9 Å². The van der Waals surface area contributed by atoms with Gasteiger partial charge < -0.3 is 9.80 Å². The molecule has 5 nitrogen and oxygen atoms in total. The highest BCUT2D eigenvalue weighted by atomic mass is 16.6. The second-order valence-electron chi connectivity index (χ2n) is 4.95. The zero-order valence-corrected chi connectivity index (χ0v) is 10.8. The van der Waals surface area contributed by atoms with Gasteiger partial charge in [-0.1, -0.05) is 0 Å². The number of likely N-dealkylation sites (N-methyl/N-ethyl adjacent to an activating group) is 1. The van der Waals surface area contributed by atoms with Crippen LogP contribution in [0.15, 0.2) is 24.3 Å². The summed E-state index contributed by atoms with van der Waals surface area (Å²) in [6, 6.07) is 6.96. The fourth-order valence-electron chi connectivity index (χ4n) is 2.51. The molecule has 0 aromatic heterocycles. The molecule has 1 aromatic carbocycles. The fourth-order valence-corrected chi connectivity index (χ4v) is 2.51. The van der Waals surface area contributed by atoms with Gasteiger partial charge in [0.1, 0.15) is 32.7 Å². The lowest BCUT2D eigenvalue weighted by Gasteiger charge is -2.28. The smallest absolute Gasteiger partial charge is 0.269 e. The molecule has 0 radical (unpaired) electrons. The minimum absolute atomic E-state index is 0.175. The molecule has 18 heavy (non-hydrogen) atoms. The summed E-state index contributed by atoms with van der Waals surface area (Å²) in [6.45, 7) is 9.29. The van der Waals surface area contributed by atoms with Crippen LogP contribution in [0.4, 0.5) is 5.69 Å². The molecule has 1 aliphatic heterocycles. The second-order valence-corrected chi connectivity index (χ2v) is 4.95. The number of hydrogen-bond acceptors (Lipinski definition) is 2. The predicted octanol–water partition coefficient (Wildman–Crippen LogP) is -1.10. The van der Waals surface area contributed by atoms with Crippen molar-refractivity contribution in [2.45, 2.75) is 13.5 Å². The van der Waals surface area contributed by atoms with Gasteiger partial charge in [0.05, 0.1) is 11.5 Å². The molecule has 2 N–H and O–H groups in total. The van der Waals surface area contributed by atoms with Crippen molar-refractivity contribution in [2.24, 2.45) is 0 Å². The van der Waals surface area contributed by atoms with Gasteiger partial charge >= 0.3 is 0 Å². The summed E-state index contributed by atoms with van der Waals surface area (Å²) in [5.41, 5.74) is 1.37. The number of non-ortho nitro benzene ring substituents is 1. The molecule has 1 aromatic rings. The van der Waals surface area contributed by atoms with Crippen LogP contribution in [-0.2, 0) is 6.54 Å². The quantitative estimate of drug-likeness (QED) is 0.527. The van der Waals surface area contributed by atoms with E-state index in [0.29, 0.717) is 0 Å². The lowest BCUT2D eigenvalue weighted by atomic mass is 10.2. The molecule has 1 saturated heterocycles. The Morgan fingerprint density at radius 3 is 2.17 bits per heavy atom. The Morgan fingerprint density at radius 2 is 1.67 bits per heavy atom. The number of nitrogens with zero attached hydrogens (tertiary/aromatic N) is 1. The Balaban J connectivity index is 1.88. The molecule has 1 fully saturated rings. The van der Waals surface area contributed by atoms with Crippen molar-refractivity contribution < 1.29 is 14.7 Å². The van der Waals surface area contributed by atoms with E-state index in [-0.39, 0.29) is 10.6 Å². The molecule has 98 valence electrons. The van der Waals surface area contributed by atoms with E-state index in [1.807, 2.05) is 12.1 Å². The van der Waals surface area contributed by atoms with E-state index >= 15 is 0 Å². The monoisotopic (exact) mass is 251 g/mol. The first-order valence-electron chi connectivity index (χ1n) is 6.59. The van der Waals surface area contributed by atoms with E-state index in [0.717, 1.165) is 6.54 Å². The van der Waals surface area contributed by atoms with E-state index in [9.17, 15) is 10.1 Å². The van der Waals surface area contributed by atoms with E-state index in [4.69, 9.17) is 0 Å². The van der Waals surface area contributed by atoms with E-state index < -0.39 is 0 Å². The molecule has 0 bridgehead atoms. The predicted molar refractivity (Wildman–Crippen MR) is 68.7 cm³/mol. The summed E-state index contributed by atoms with van der Waals surface area (Å²) in [6.07, 6.45) is 0. The van der Waals surface area contributed by atoms with Crippen molar-refractivity contribution in [1.29, 1.82) is 0 Å². The topological polar surface area (TPSA) is 52.0 Å². The van der Waals surface area contributed by atoms with Gasteiger partial charge in [-0.05, 0) is 19.1 Å². The van der Waals surface area contributed by atoms with Gasteiger partial charge in [0.15, 0.2) is 0 Å². The van der Waals surface area contributed by atoms with Crippen LogP contribution in [0.3, 0.4) is 0 Å². The van der Waals surface area contributed by atoms with Crippen LogP contribution in [-0.4, -0.2) is 37.6 Å². The van der Waals surface area contributed by atoms with Crippen LogP contribution in [0, 0.1) is 10.1 Å². The minimum Gasteiger partial charge on any atom is -0.326 e.